The first-order valence-corrected chi connectivity index (χ1v) is 8.30. The summed E-state index contributed by atoms with van der Waals surface area (Å²) in [4.78, 5) is 26.4. The zero-order valence-corrected chi connectivity index (χ0v) is 13.4. The van der Waals surface area contributed by atoms with Crippen LogP contribution in [0, 0.1) is 0 Å². The number of halogens is 3. The molecule has 0 N–H and O–H groups in total. The van der Waals surface area contributed by atoms with Crippen molar-refractivity contribution in [3.63, 3.8) is 0 Å². The first-order valence-electron chi connectivity index (χ1n) is 7.49. The van der Waals surface area contributed by atoms with Crippen LogP contribution in [-0.4, -0.2) is 42.6 Å². The van der Waals surface area contributed by atoms with E-state index in [1.54, 1.807) is 11.8 Å². The number of ether oxygens (including phenoxy) is 1. The smallest absolute Gasteiger partial charge is 0.409 e. The van der Waals surface area contributed by atoms with Crippen LogP contribution in [0.15, 0.2) is 0 Å². The Morgan fingerprint density at radius 2 is 2.04 bits per heavy atom. The molecule has 0 bridgehead atoms. The van der Waals surface area contributed by atoms with Crippen LogP contribution in [0.2, 0.25) is 0 Å². The van der Waals surface area contributed by atoms with Gasteiger partial charge >= 0.3 is 12.3 Å². The molecule has 0 radical (unpaired) electrons. The van der Waals surface area contributed by atoms with E-state index in [-0.39, 0.29) is 17.0 Å². The van der Waals surface area contributed by atoms with Crippen LogP contribution in [0.5, 0.6) is 0 Å². The normalized spacial score (nSPS) is 21.0. The second-order valence-corrected chi connectivity index (χ2v) is 6.79. The van der Waals surface area contributed by atoms with Crippen molar-refractivity contribution < 1.29 is 27.5 Å². The largest absolute Gasteiger partial charge is 0.450 e. The van der Waals surface area contributed by atoms with Gasteiger partial charge in [0.2, 0.25) is 0 Å². The summed E-state index contributed by atoms with van der Waals surface area (Å²) in [5.41, 5.74) is 0.964. The highest BCUT2D eigenvalue weighted by molar-refractivity contribution is 7.12. The summed E-state index contributed by atoms with van der Waals surface area (Å²) in [7, 11) is 0. The van der Waals surface area contributed by atoms with Gasteiger partial charge in [0.15, 0.2) is 5.78 Å². The number of fused-ring (bicyclic) bond motifs is 3. The molecular weight excluding hydrogens is 331 g/mol. The Morgan fingerprint density at radius 3 is 2.70 bits per heavy atom. The highest BCUT2D eigenvalue weighted by Crippen LogP contribution is 2.50. The predicted octanol–water partition coefficient (Wildman–Crippen LogP) is 3.54. The van der Waals surface area contributed by atoms with Gasteiger partial charge in [-0.3, -0.25) is 4.79 Å². The molecule has 0 saturated carbocycles. The molecule has 0 fully saturated rings. The first kappa shape index (κ1) is 16.3. The molecule has 1 aliphatic heterocycles. The molecule has 1 aromatic rings. The van der Waals surface area contributed by atoms with E-state index in [2.05, 4.69) is 0 Å². The molecule has 1 unspecified atom stereocenters. The van der Waals surface area contributed by atoms with Gasteiger partial charge in [0.1, 0.15) is 0 Å². The van der Waals surface area contributed by atoms with E-state index in [1.807, 2.05) is 0 Å². The molecule has 2 aliphatic rings. The summed E-state index contributed by atoms with van der Waals surface area (Å²) in [6.45, 7) is 2.75. The van der Waals surface area contributed by atoms with E-state index < -0.39 is 30.4 Å². The summed E-state index contributed by atoms with van der Waals surface area (Å²) >= 11 is 1.08. The number of hydrogen-bond acceptors (Lipinski definition) is 4. The number of alkyl halides is 3. The van der Waals surface area contributed by atoms with Gasteiger partial charge < -0.3 is 9.64 Å². The molecular formula is C15H16F3NO3S. The molecule has 1 aliphatic carbocycles. The molecule has 0 saturated heterocycles. The highest BCUT2D eigenvalue weighted by Gasteiger charge is 2.50. The van der Waals surface area contributed by atoms with Crippen molar-refractivity contribution in [1.29, 1.82) is 0 Å². The summed E-state index contributed by atoms with van der Waals surface area (Å²) < 4.78 is 44.2. The fourth-order valence-corrected chi connectivity index (χ4v) is 4.67. The quantitative estimate of drug-likeness (QED) is 0.781. The zero-order chi connectivity index (χ0) is 16.8. The zero-order valence-electron chi connectivity index (χ0n) is 12.5. The Hall–Kier alpha value is -1.57. The number of hydrogen-bond donors (Lipinski definition) is 0. The van der Waals surface area contributed by atoms with Gasteiger partial charge in [-0.05, 0) is 25.3 Å². The topological polar surface area (TPSA) is 46.6 Å². The Morgan fingerprint density at radius 1 is 1.35 bits per heavy atom. The molecule has 1 aromatic heterocycles. The van der Waals surface area contributed by atoms with Crippen molar-refractivity contribution in [2.24, 2.45) is 0 Å². The third-order valence-corrected chi connectivity index (χ3v) is 5.67. The molecule has 1 atom stereocenters. The maximum absolute atomic E-state index is 13.1. The molecule has 1 amide bonds. The maximum Gasteiger partial charge on any atom is 0.409 e. The number of carbonyl (C=O) groups is 2. The number of nitrogens with zero attached hydrogens (tertiary/aromatic N) is 1. The highest BCUT2D eigenvalue weighted by atomic mass is 32.1. The van der Waals surface area contributed by atoms with Crippen LogP contribution in [0.1, 0.15) is 44.9 Å². The number of carbonyl (C=O) groups excluding carboxylic acids is 2. The minimum atomic E-state index is -4.39. The van der Waals surface area contributed by atoms with Gasteiger partial charge in [-0.2, -0.15) is 13.2 Å². The lowest BCUT2D eigenvalue weighted by molar-refractivity contribution is -0.147. The van der Waals surface area contributed by atoms with Crippen molar-refractivity contribution in [3.8, 4) is 0 Å². The molecule has 4 nitrogen and oxygen atoms in total. The van der Waals surface area contributed by atoms with Crippen molar-refractivity contribution >= 4 is 23.2 Å². The fourth-order valence-electron chi connectivity index (χ4n) is 3.19. The average Bonchev–Trinajstić information content (AvgIpc) is 2.89. The summed E-state index contributed by atoms with van der Waals surface area (Å²) in [6.07, 6.45) is -4.43. The molecule has 2 heterocycles. The van der Waals surface area contributed by atoms with Crippen LogP contribution in [-0.2, 0) is 17.6 Å². The Bertz CT molecular complexity index is 653. The van der Waals surface area contributed by atoms with Crippen LogP contribution in [0.25, 0.3) is 0 Å². The minimum Gasteiger partial charge on any atom is -0.450 e. The van der Waals surface area contributed by atoms with Crippen LogP contribution in [0.3, 0.4) is 0 Å². The van der Waals surface area contributed by atoms with Gasteiger partial charge in [0, 0.05) is 34.8 Å². The molecule has 0 spiro atoms. The summed E-state index contributed by atoms with van der Waals surface area (Å²) in [5.74, 6) is -2.09. The monoisotopic (exact) mass is 347 g/mol. The Labute approximate surface area is 135 Å². The van der Waals surface area contributed by atoms with E-state index >= 15 is 0 Å². The first-order chi connectivity index (χ1) is 10.8. The average molecular weight is 347 g/mol. The molecule has 0 aromatic carbocycles. The van der Waals surface area contributed by atoms with Crippen molar-refractivity contribution in [1.82, 2.24) is 4.90 Å². The lowest BCUT2D eigenvalue weighted by atomic mass is 10.0. The molecule has 126 valence electrons. The van der Waals surface area contributed by atoms with Crippen LogP contribution >= 0.6 is 11.3 Å². The van der Waals surface area contributed by atoms with Gasteiger partial charge in [-0.1, -0.05) is 0 Å². The standard InChI is InChI=1S/C15H16F3NO3S/c1-2-22-14(21)19-5-3-8-11(4-6-19)23-13-9(15(16,17)18)7-10(20)12(8)13/h9H,2-7H2,1H3. The van der Waals surface area contributed by atoms with Gasteiger partial charge in [0.05, 0.1) is 12.5 Å². The maximum atomic E-state index is 13.1. The van der Waals surface area contributed by atoms with Gasteiger partial charge in [0.25, 0.3) is 0 Å². The summed E-state index contributed by atoms with van der Waals surface area (Å²) in [6, 6.07) is 0. The Kier molecular flexibility index (Phi) is 4.12. The number of Topliss-reactive ketones (excluding diaryl/α,β-unsaturated/α-hetero) is 1. The fraction of sp³-hybridized carbons (Fsp3) is 0.600. The second kappa shape index (κ2) is 5.81. The SMILES string of the molecule is CCOC(=O)N1CCc2sc3c(c2CC1)C(=O)CC3C(F)(F)F. The van der Waals surface area contributed by atoms with Gasteiger partial charge in [-0.15, -0.1) is 11.3 Å². The van der Waals surface area contributed by atoms with E-state index in [0.29, 0.717) is 31.5 Å². The van der Waals surface area contributed by atoms with Gasteiger partial charge in [-0.25, -0.2) is 4.79 Å². The predicted molar refractivity (Wildman–Crippen MR) is 78.1 cm³/mol. The number of amides is 1. The second-order valence-electron chi connectivity index (χ2n) is 5.65. The lowest BCUT2D eigenvalue weighted by Gasteiger charge is -2.19. The minimum absolute atomic E-state index is 0.164. The van der Waals surface area contributed by atoms with Crippen LogP contribution < -0.4 is 0 Å². The van der Waals surface area contributed by atoms with E-state index in [9.17, 15) is 22.8 Å². The number of thiophene rings is 1. The van der Waals surface area contributed by atoms with E-state index in [0.717, 1.165) is 16.2 Å². The molecule has 3 rings (SSSR count). The van der Waals surface area contributed by atoms with Crippen molar-refractivity contribution in [2.45, 2.75) is 38.3 Å². The van der Waals surface area contributed by atoms with Crippen LogP contribution in [0.4, 0.5) is 18.0 Å². The number of rotatable bonds is 1. The third kappa shape index (κ3) is 2.84. The molecule has 23 heavy (non-hydrogen) atoms. The van der Waals surface area contributed by atoms with E-state index in [4.69, 9.17) is 4.74 Å². The third-order valence-electron chi connectivity index (χ3n) is 4.26. The summed E-state index contributed by atoms with van der Waals surface area (Å²) in [5, 5.41) is 0. The van der Waals surface area contributed by atoms with Crippen molar-refractivity contribution in [3.05, 3.63) is 20.9 Å². The lowest BCUT2D eigenvalue weighted by Crippen LogP contribution is -2.33. The van der Waals surface area contributed by atoms with Crippen molar-refractivity contribution in [2.75, 3.05) is 19.7 Å². The number of ketones is 1. The Balaban J connectivity index is 1.87. The van der Waals surface area contributed by atoms with E-state index in [1.165, 1.54) is 0 Å². The molecule has 8 heteroatoms.